The average molecular weight is 247 g/mol. The van der Waals surface area contributed by atoms with Crippen molar-refractivity contribution >= 4 is 11.1 Å². The molecule has 2 rings (SSSR count). The van der Waals surface area contributed by atoms with Crippen LogP contribution in [0.2, 0.25) is 0 Å². The van der Waals surface area contributed by atoms with Gasteiger partial charge in [0.2, 0.25) is 0 Å². The quantitative estimate of drug-likeness (QED) is 0.881. The average Bonchev–Trinajstić information content (AvgIpc) is 2.68. The molecule has 0 saturated heterocycles. The zero-order valence-electron chi connectivity index (χ0n) is 11.3. The molecule has 1 aromatic carbocycles. The molecule has 1 unspecified atom stereocenters. The molecule has 0 aliphatic rings. The highest BCUT2D eigenvalue weighted by atomic mass is 16.3. The third-order valence-electron chi connectivity index (χ3n) is 3.33. The Morgan fingerprint density at radius 1 is 1.44 bits per heavy atom. The molecule has 1 heterocycles. The topological polar surface area (TPSA) is 55.3 Å². The highest BCUT2D eigenvalue weighted by Crippen LogP contribution is 2.18. The standard InChI is InChI=1S/C14H21N3O/c1-10(6-7-15)17(3)9-12-4-5-14-13(8-12)16-11(2)18-14/h4-5,8,10H,6-7,9,15H2,1-3H3. The molecule has 2 aromatic rings. The number of rotatable bonds is 5. The number of fused-ring (bicyclic) bond motifs is 1. The molecule has 0 aliphatic heterocycles. The monoisotopic (exact) mass is 247 g/mol. The first-order valence-electron chi connectivity index (χ1n) is 6.36. The van der Waals surface area contributed by atoms with E-state index in [1.165, 1.54) is 5.56 Å². The summed E-state index contributed by atoms with van der Waals surface area (Å²) in [6, 6.07) is 6.67. The van der Waals surface area contributed by atoms with Crippen LogP contribution in [-0.4, -0.2) is 29.5 Å². The number of hydrogen-bond donors (Lipinski definition) is 1. The van der Waals surface area contributed by atoms with E-state index in [9.17, 15) is 0 Å². The van der Waals surface area contributed by atoms with E-state index in [1.54, 1.807) is 0 Å². The van der Waals surface area contributed by atoms with Crippen LogP contribution in [-0.2, 0) is 6.54 Å². The van der Waals surface area contributed by atoms with Crippen molar-refractivity contribution in [1.82, 2.24) is 9.88 Å². The zero-order chi connectivity index (χ0) is 13.1. The summed E-state index contributed by atoms with van der Waals surface area (Å²) in [4.78, 5) is 6.66. The van der Waals surface area contributed by atoms with Crippen LogP contribution in [0.15, 0.2) is 22.6 Å². The van der Waals surface area contributed by atoms with E-state index >= 15 is 0 Å². The van der Waals surface area contributed by atoms with Crippen LogP contribution >= 0.6 is 0 Å². The number of nitrogens with two attached hydrogens (primary N) is 1. The van der Waals surface area contributed by atoms with Gasteiger partial charge in [0, 0.05) is 19.5 Å². The lowest BCUT2D eigenvalue weighted by atomic mass is 10.1. The molecule has 18 heavy (non-hydrogen) atoms. The van der Waals surface area contributed by atoms with Crippen molar-refractivity contribution in [2.75, 3.05) is 13.6 Å². The maximum absolute atomic E-state index is 5.59. The van der Waals surface area contributed by atoms with E-state index in [-0.39, 0.29) is 0 Å². The van der Waals surface area contributed by atoms with Gasteiger partial charge in [-0.2, -0.15) is 0 Å². The van der Waals surface area contributed by atoms with Crippen molar-refractivity contribution in [1.29, 1.82) is 0 Å². The van der Waals surface area contributed by atoms with Gasteiger partial charge in [0.05, 0.1) is 0 Å². The molecule has 1 aromatic heterocycles. The maximum atomic E-state index is 5.59. The molecule has 0 fully saturated rings. The van der Waals surface area contributed by atoms with Crippen molar-refractivity contribution in [2.24, 2.45) is 5.73 Å². The summed E-state index contributed by atoms with van der Waals surface area (Å²) in [6.07, 6.45) is 1.02. The van der Waals surface area contributed by atoms with Crippen LogP contribution in [0.3, 0.4) is 0 Å². The summed E-state index contributed by atoms with van der Waals surface area (Å²) in [5, 5.41) is 0. The number of oxazole rings is 1. The van der Waals surface area contributed by atoms with Gasteiger partial charge in [-0.3, -0.25) is 4.90 Å². The van der Waals surface area contributed by atoms with Crippen LogP contribution in [0, 0.1) is 6.92 Å². The minimum Gasteiger partial charge on any atom is -0.441 e. The summed E-state index contributed by atoms with van der Waals surface area (Å²) >= 11 is 0. The first-order valence-corrected chi connectivity index (χ1v) is 6.36. The number of nitrogens with zero attached hydrogens (tertiary/aromatic N) is 2. The van der Waals surface area contributed by atoms with Gasteiger partial charge >= 0.3 is 0 Å². The fourth-order valence-electron chi connectivity index (χ4n) is 2.09. The van der Waals surface area contributed by atoms with Gasteiger partial charge in [-0.05, 0) is 44.6 Å². The fourth-order valence-corrected chi connectivity index (χ4v) is 2.09. The van der Waals surface area contributed by atoms with Crippen LogP contribution in [0.25, 0.3) is 11.1 Å². The van der Waals surface area contributed by atoms with Gasteiger partial charge in [0.1, 0.15) is 5.52 Å². The highest BCUT2D eigenvalue weighted by Gasteiger charge is 2.10. The molecular weight excluding hydrogens is 226 g/mol. The van der Waals surface area contributed by atoms with Crippen LogP contribution in [0.1, 0.15) is 24.8 Å². The van der Waals surface area contributed by atoms with Crippen molar-refractivity contribution < 1.29 is 4.42 Å². The second kappa shape index (κ2) is 5.50. The number of hydrogen-bond acceptors (Lipinski definition) is 4. The van der Waals surface area contributed by atoms with E-state index in [4.69, 9.17) is 10.2 Å². The third kappa shape index (κ3) is 2.89. The molecule has 0 saturated carbocycles. The summed E-state index contributed by atoms with van der Waals surface area (Å²) < 4.78 is 5.47. The lowest BCUT2D eigenvalue weighted by Gasteiger charge is -2.24. The molecule has 0 bridgehead atoms. The van der Waals surface area contributed by atoms with Gasteiger partial charge in [-0.1, -0.05) is 6.07 Å². The maximum Gasteiger partial charge on any atom is 0.192 e. The summed E-state index contributed by atoms with van der Waals surface area (Å²) in [5.74, 6) is 0.715. The minimum absolute atomic E-state index is 0.491. The fraction of sp³-hybridized carbons (Fsp3) is 0.500. The first-order chi connectivity index (χ1) is 8.60. The zero-order valence-corrected chi connectivity index (χ0v) is 11.3. The second-order valence-electron chi connectivity index (χ2n) is 4.88. The molecule has 2 N–H and O–H groups in total. The molecule has 4 heteroatoms. The Balaban J connectivity index is 2.11. The smallest absolute Gasteiger partial charge is 0.192 e. The van der Waals surface area contributed by atoms with E-state index in [0.717, 1.165) is 30.6 Å². The predicted octanol–water partition coefficient (Wildman–Crippen LogP) is 2.31. The number of aryl methyl sites for hydroxylation is 1. The van der Waals surface area contributed by atoms with Crippen molar-refractivity contribution in [3.05, 3.63) is 29.7 Å². The molecule has 0 spiro atoms. The Labute approximate surface area is 108 Å². The van der Waals surface area contributed by atoms with Gasteiger partial charge in [0.25, 0.3) is 0 Å². The molecule has 1 atom stereocenters. The van der Waals surface area contributed by atoms with Crippen LogP contribution in [0.5, 0.6) is 0 Å². The van der Waals surface area contributed by atoms with E-state index in [1.807, 2.05) is 13.0 Å². The minimum atomic E-state index is 0.491. The second-order valence-corrected chi connectivity index (χ2v) is 4.88. The Morgan fingerprint density at radius 2 is 2.22 bits per heavy atom. The molecule has 98 valence electrons. The van der Waals surface area contributed by atoms with Gasteiger partial charge < -0.3 is 10.2 Å². The Hall–Kier alpha value is -1.39. The van der Waals surface area contributed by atoms with Crippen LogP contribution < -0.4 is 5.73 Å². The molecular formula is C14H21N3O. The largest absolute Gasteiger partial charge is 0.441 e. The first kappa shape index (κ1) is 13.1. The van der Waals surface area contributed by atoms with E-state index in [2.05, 4.69) is 36.0 Å². The van der Waals surface area contributed by atoms with Gasteiger partial charge in [-0.25, -0.2) is 4.98 Å². The summed E-state index contributed by atoms with van der Waals surface area (Å²) in [6.45, 7) is 5.71. The molecule has 0 radical (unpaired) electrons. The third-order valence-corrected chi connectivity index (χ3v) is 3.33. The SMILES string of the molecule is Cc1nc2cc(CN(C)C(C)CCN)ccc2o1. The lowest BCUT2D eigenvalue weighted by molar-refractivity contribution is 0.240. The predicted molar refractivity (Wildman–Crippen MR) is 73.3 cm³/mol. The lowest BCUT2D eigenvalue weighted by Crippen LogP contribution is -2.30. The van der Waals surface area contributed by atoms with Crippen molar-refractivity contribution in [2.45, 2.75) is 32.9 Å². The normalized spacial score (nSPS) is 13.4. The van der Waals surface area contributed by atoms with E-state index < -0.39 is 0 Å². The summed E-state index contributed by atoms with van der Waals surface area (Å²) in [5.41, 5.74) is 8.63. The number of aromatic nitrogens is 1. The molecule has 0 aliphatic carbocycles. The van der Waals surface area contributed by atoms with E-state index in [0.29, 0.717) is 11.9 Å². The Kier molecular flexibility index (Phi) is 3.99. The van der Waals surface area contributed by atoms with Crippen molar-refractivity contribution in [3.8, 4) is 0 Å². The number of benzene rings is 1. The Morgan fingerprint density at radius 3 is 2.94 bits per heavy atom. The highest BCUT2D eigenvalue weighted by molar-refractivity contribution is 5.73. The summed E-state index contributed by atoms with van der Waals surface area (Å²) in [7, 11) is 2.12. The van der Waals surface area contributed by atoms with Gasteiger partial charge in [0.15, 0.2) is 11.5 Å². The van der Waals surface area contributed by atoms with Gasteiger partial charge in [-0.15, -0.1) is 0 Å². The molecule has 0 amide bonds. The Bertz CT molecular complexity index is 521. The van der Waals surface area contributed by atoms with Crippen LogP contribution in [0.4, 0.5) is 0 Å². The molecule has 4 nitrogen and oxygen atoms in total. The van der Waals surface area contributed by atoms with Crippen molar-refractivity contribution in [3.63, 3.8) is 0 Å².